The van der Waals surface area contributed by atoms with E-state index in [0.29, 0.717) is 36.4 Å². The molecule has 1 aliphatic rings. The highest BCUT2D eigenvalue weighted by Crippen LogP contribution is 2.33. The van der Waals surface area contributed by atoms with Gasteiger partial charge in [0.1, 0.15) is 16.7 Å². The number of nitrogens with zero attached hydrogens (tertiary/aromatic N) is 2. The van der Waals surface area contributed by atoms with Crippen molar-refractivity contribution in [1.82, 2.24) is 4.98 Å². The number of morpholine rings is 1. The lowest BCUT2D eigenvalue weighted by Crippen LogP contribution is -2.36. The standard InChI is InChI=1S/C18H23ClN4O3.C2H6/c1-24-13-4-3-12(15(9-13)25-2)11-21-18-17(20)14(10-16(19)22-18)23-5-7-26-8-6-23;1-2/h3-4,9-10H,5-8,11,20H2,1-2H3,(H,21,22);1-2H3. The van der Waals surface area contributed by atoms with Crippen molar-refractivity contribution in [3.05, 3.63) is 35.0 Å². The van der Waals surface area contributed by atoms with E-state index in [1.165, 1.54) is 0 Å². The van der Waals surface area contributed by atoms with Crippen molar-refractivity contribution < 1.29 is 14.2 Å². The van der Waals surface area contributed by atoms with E-state index in [1.807, 2.05) is 32.0 Å². The number of benzene rings is 1. The number of methoxy groups -OCH3 is 2. The van der Waals surface area contributed by atoms with Gasteiger partial charge in [0.2, 0.25) is 0 Å². The van der Waals surface area contributed by atoms with E-state index < -0.39 is 0 Å². The topological polar surface area (TPSA) is 81.9 Å². The first kappa shape index (κ1) is 21.9. The van der Waals surface area contributed by atoms with Gasteiger partial charge in [-0.05, 0) is 12.1 Å². The Morgan fingerprint density at radius 2 is 1.89 bits per heavy atom. The molecule has 3 N–H and O–H groups in total. The Labute approximate surface area is 171 Å². The maximum absolute atomic E-state index is 6.35. The molecule has 1 saturated heterocycles. The molecule has 0 aliphatic carbocycles. The van der Waals surface area contributed by atoms with Crippen molar-refractivity contribution in [1.29, 1.82) is 0 Å². The molecule has 1 aliphatic heterocycles. The molecule has 2 aromatic rings. The van der Waals surface area contributed by atoms with Gasteiger partial charge in [0.25, 0.3) is 0 Å². The van der Waals surface area contributed by atoms with E-state index >= 15 is 0 Å². The Bertz CT molecular complexity index is 767. The molecular formula is C20H29ClN4O3. The summed E-state index contributed by atoms with van der Waals surface area (Å²) in [5.41, 5.74) is 8.75. The Balaban J connectivity index is 0.00000136. The first-order valence-electron chi connectivity index (χ1n) is 9.36. The van der Waals surface area contributed by atoms with Crippen LogP contribution in [0.5, 0.6) is 11.5 Å². The molecule has 0 unspecified atom stereocenters. The minimum Gasteiger partial charge on any atom is -0.497 e. The minimum absolute atomic E-state index is 0.393. The van der Waals surface area contributed by atoms with Gasteiger partial charge in [0.15, 0.2) is 5.82 Å². The highest BCUT2D eigenvalue weighted by Gasteiger charge is 2.18. The second-order valence-electron chi connectivity index (χ2n) is 5.86. The van der Waals surface area contributed by atoms with Crippen molar-refractivity contribution >= 4 is 28.8 Å². The number of pyridine rings is 1. The number of anilines is 3. The average molecular weight is 409 g/mol. The first-order chi connectivity index (χ1) is 13.6. The van der Waals surface area contributed by atoms with Gasteiger partial charge in [-0.25, -0.2) is 4.98 Å². The average Bonchev–Trinajstić information content (AvgIpc) is 2.76. The van der Waals surface area contributed by atoms with Gasteiger partial charge >= 0.3 is 0 Å². The van der Waals surface area contributed by atoms with E-state index in [9.17, 15) is 0 Å². The van der Waals surface area contributed by atoms with Crippen LogP contribution >= 0.6 is 11.6 Å². The Morgan fingerprint density at radius 3 is 2.54 bits per heavy atom. The molecule has 7 nitrogen and oxygen atoms in total. The maximum atomic E-state index is 6.35. The number of nitrogens with two attached hydrogens (primary N) is 1. The van der Waals surface area contributed by atoms with E-state index in [0.717, 1.165) is 35.8 Å². The Morgan fingerprint density at radius 1 is 1.18 bits per heavy atom. The van der Waals surface area contributed by atoms with Crippen LogP contribution in [0.25, 0.3) is 0 Å². The summed E-state index contributed by atoms with van der Waals surface area (Å²) in [6.07, 6.45) is 0. The molecule has 0 bridgehead atoms. The van der Waals surface area contributed by atoms with Crippen molar-refractivity contribution in [2.75, 3.05) is 56.5 Å². The third-order valence-corrected chi connectivity index (χ3v) is 4.49. The summed E-state index contributed by atoms with van der Waals surface area (Å²) in [5.74, 6) is 2.02. The fraction of sp³-hybridized carbons (Fsp3) is 0.450. The van der Waals surface area contributed by atoms with Crippen molar-refractivity contribution in [3.8, 4) is 11.5 Å². The van der Waals surface area contributed by atoms with Gasteiger partial charge in [0.05, 0.1) is 38.8 Å². The number of hydrogen-bond acceptors (Lipinski definition) is 7. The largest absolute Gasteiger partial charge is 0.497 e. The van der Waals surface area contributed by atoms with E-state index in [2.05, 4.69) is 15.2 Å². The molecule has 1 fully saturated rings. The van der Waals surface area contributed by atoms with Crippen LogP contribution in [0.15, 0.2) is 24.3 Å². The molecule has 0 amide bonds. The molecule has 1 aromatic carbocycles. The fourth-order valence-corrected chi connectivity index (χ4v) is 3.08. The predicted molar refractivity (Wildman–Crippen MR) is 115 cm³/mol. The minimum atomic E-state index is 0.393. The number of ether oxygens (including phenoxy) is 3. The first-order valence-corrected chi connectivity index (χ1v) is 9.73. The van der Waals surface area contributed by atoms with E-state index in [-0.39, 0.29) is 0 Å². The summed E-state index contributed by atoms with van der Waals surface area (Å²) >= 11 is 6.22. The van der Waals surface area contributed by atoms with Gasteiger partial charge in [-0.2, -0.15) is 0 Å². The van der Waals surface area contributed by atoms with Crippen LogP contribution in [-0.4, -0.2) is 45.5 Å². The van der Waals surface area contributed by atoms with Crippen molar-refractivity contribution in [2.24, 2.45) is 0 Å². The molecule has 0 radical (unpaired) electrons. The number of halogens is 1. The Kier molecular flexibility index (Phi) is 8.47. The normalized spacial score (nSPS) is 13.4. The molecule has 154 valence electrons. The van der Waals surface area contributed by atoms with Crippen LogP contribution in [-0.2, 0) is 11.3 Å². The van der Waals surface area contributed by atoms with E-state index in [1.54, 1.807) is 20.3 Å². The molecular weight excluding hydrogens is 380 g/mol. The summed E-state index contributed by atoms with van der Waals surface area (Å²) in [6.45, 7) is 7.39. The zero-order valence-corrected chi connectivity index (χ0v) is 17.7. The van der Waals surface area contributed by atoms with Crippen LogP contribution in [0.2, 0.25) is 5.15 Å². The van der Waals surface area contributed by atoms with Crippen LogP contribution in [0.1, 0.15) is 19.4 Å². The lowest BCUT2D eigenvalue weighted by Gasteiger charge is -2.30. The monoisotopic (exact) mass is 408 g/mol. The van der Waals surface area contributed by atoms with Gasteiger partial charge in [-0.3, -0.25) is 0 Å². The summed E-state index contributed by atoms with van der Waals surface area (Å²) < 4.78 is 16.1. The highest BCUT2D eigenvalue weighted by molar-refractivity contribution is 6.30. The zero-order valence-electron chi connectivity index (χ0n) is 16.9. The maximum Gasteiger partial charge on any atom is 0.153 e. The highest BCUT2D eigenvalue weighted by atomic mass is 35.5. The molecule has 28 heavy (non-hydrogen) atoms. The molecule has 1 aromatic heterocycles. The van der Waals surface area contributed by atoms with Crippen LogP contribution in [0.4, 0.5) is 17.2 Å². The molecule has 0 saturated carbocycles. The number of nitrogens with one attached hydrogen (secondary N) is 1. The fourth-order valence-electron chi connectivity index (χ4n) is 2.89. The van der Waals surface area contributed by atoms with Gasteiger partial charge in [0, 0.05) is 37.3 Å². The SMILES string of the molecule is CC.COc1ccc(CNc2nc(Cl)cc(N3CCOCC3)c2N)c(OC)c1. The summed E-state index contributed by atoms with van der Waals surface area (Å²) in [5, 5.41) is 3.66. The summed E-state index contributed by atoms with van der Waals surface area (Å²) in [7, 11) is 3.25. The second kappa shape index (κ2) is 10.8. The van der Waals surface area contributed by atoms with Crippen LogP contribution in [0.3, 0.4) is 0 Å². The molecule has 0 spiro atoms. The molecule has 2 heterocycles. The van der Waals surface area contributed by atoms with E-state index in [4.69, 9.17) is 31.5 Å². The summed E-state index contributed by atoms with van der Waals surface area (Å²) in [6, 6.07) is 7.45. The van der Waals surface area contributed by atoms with Gasteiger partial charge < -0.3 is 30.2 Å². The van der Waals surface area contributed by atoms with Gasteiger partial charge in [-0.1, -0.05) is 25.4 Å². The number of rotatable bonds is 6. The lowest BCUT2D eigenvalue weighted by molar-refractivity contribution is 0.123. The van der Waals surface area contributed by atoms with Crippen molar-refractivity contribution in [3.63, 3.8) is 0 Å². The third kappa shape index (κ3) is 5.33. The van der Waals surface area contributed by atoms with Gasteiger partial charge in [-0.15, -0.1) is 0 Å². The predicted octanol–water partition coefficient (Wildman–Crippen LogP) is 3.81. The number of aromatic nitrogens is 1. The molecule has 0 atom stereocenters. The lowest BCUT2D eigenvalue weighted by atomic mass is 10.2. The Hall–Kier alpha value is -2.38. The van der Waals surface area contributed by atoms with Crippen LogP contribution < -0.4 is 25.4 Å². The smallest absolute Gasteiger partial charge is 0.153 e. The van der Waals surface area contributed by atoms with Crippen LogP contribution in [0, 0.1) is 0 Å². The molecule has 8 heteroatoms. The van der Waals surface area contributed by atoms with Crippen molar-refractivity contribution in [2.45, 2.75) is 20.4 Å². The quantitative estimate of drug-likeness (QED) is 0.703. The second-order valence-corrected chi connectivity index (χ2v) is 6.24. The number of hydrogen-bond donors (Lipinski definition) is 2. The molecule has 3 rings (SSSR count). The zero-order chi connectivity index (χ0) is 20.5. The summed E-state index contributed by atoms with van der Waals surface area (Å²) in [4.78, 5) is 6.50. The third-order valence-electron chi connectivity index (χ3n) is 4.30. The number of nitrogen functional groups attached to an aromatic ring is 1.